The van der Waals surface area contributed by atoms with Crippen molar-refractivity contribution in [2.45, 2.75) is 0 Å². The third kappa shape index (κ3) is 5.17. The van der Waals surface area contributed by atoms with Gasteiger partial charge in [-0.05, 0) is 127 Å². The molecule has 9 aromatic rings. The largest absolute Gasteiger partial charge is 0.312 e. The predicted molar refractivity (Wildman–Crippen MR) is 271 cm³/mol. The summed E-state index contributed by atoms with van der Waals surface area (Å²) in [6.07, 6.45) is 3.84. The Balaban J connectivity index is 1.18. The zero-order valence-electron chi connectivity index (χ0n) is 34.6. The van der Waals surface area contributed by atoms with Crippen LogP contribution in [0.3, 0.4) is 0 Å². The van der Waals surface area contributed by atoms with Crippen molar-refractivity contribution in [3.8, 4) is 22.3 Å². The highest BCUT2D eigenvalue weighted by molar-refractivity contribution is 7.04. The molecule has 9 aromatic carbocycles. The minimum Gasteiger partial charge on any atom is -0.312 e. The van der Waals surface area contributed by atoms with Crippen molar-refractivity contribution in [2.75, 3.05) is 14.7 Å². The average Bonchev–Trinajstić information content (AvgIpc) is 3.35. The van der Waals surface area contributed by atoms with E-state index in [0.717, 1.165) is 22.5 Å². The molecule has 0 saturated heterocycles. The quantitative estimate of drug-likeness (QED) is 0.155. The van der Waals surface area contributed by atoms with Crippen LogP contribution in [-0.2, 0) is 0 Å². The number of para-hydroxylation sites is 4. The van der Waals surface area contributed by atoms with Gasteiger partial charge in [-0.1, -0.05) is 165 Å². The van der Waals surface area contributed by atoms with E-state index in [1.165, 1.54) is 94.8 Å². The van der Waals surface area contributed by atoms with Gasteiger partial charge in [0.15, 0.2) is 0 Å². The number of fused-ring (bicyclic) bond motifs is 8. The summed E-state index contributed by atoms with van der Waals surface area (Å²) in [5, 5.41) is 0. The molecule has 0 N–H and O–H groups in total. The van der Waals surface area contributed by atoms with Crippen molar-refractivity contribution >= 4 is 110 Å². The van der Waals surface area contributed by atoms with Gasteiger partial charge in [0.25, 0.3) is 13.4 Å². The van der Waals surface area contributed by atoms with E-state index in [1.54, 1.807) is 0 Å². The number of benzene rings is 9. The third-order valence-corrected chi connectivity index (χ3v) is 13.7. The molecule has 0 spiro atoms. The van der Waals surface area contributed by atoms with Crippen molar-refractivity contribution in [3.05, 3.63) is 224 Å². The Labute approximate surface area is 369 Å². The van der Waals surface area contributed by atoms with Gasteiger partial charge >= 0.3 is 0 Å². The van der Waals surface area contributed by atoms with Crippen LogP contribution in [0.2, 0.25) is 0 Å². The second-order valence-corrected chi connectivity index (χ2v) is 17.0. The molecule has 0 saturated carbocycles. The first-order valence-corrected chi connectivity index (χ1v) is 21.8. The summed E-state index contributed by atoms with van der Waals surface area (Å²) in [5.41, 5.74) is 25.7. The molecule has 63 heavy (non-hydrogen) atoms. The second kappa shape index (κ2) is 13.8. The summed E-state index contributed by atoms with van der Waals surface area (Å²) >= 11 is 0. The van der Waals surface area contributed by atoms with E-state index >= 15 is 0 Å². The average molecular weight is 800 g/mol. The Morgan fingerprint density at radius 3 is 1.22 bits per heavy atom. The van der Waals surface area contributed by atoms with Crippen LogP contribution in [0, 0.1) is 0 Å². The van der Waals surface area contributed by atoms with Crippen LogP contribution < -0.4 is 47.5 Å². The number of hydrogen-bond acceptors (Lipinski definition) is 3. The zero-order valence-corrected chi connectivity index (χ0v) is 34.6. The first-order chi connectivity index (χ1) is 31.2. The summed E-state index contributed by atoms with van der Waals surface area (Å²) in [6.45, 7) is 8.09. The first-order valence-electron chi connectivity index (χ1n) is 21.8. The van der Waals surface area contributed by atoms with Crippen LogP contribution in [-0.4, -0.2) is 13.4 Å². The van der Waals surface area contributed by atoms with E-state index in [2.05, 4.69) is 228 Å². The molecule has 13 rings (SSSR count). The number of hydrogen-bond donors (Lipinski definition) is 0. The van der Waals surface area contributed by atoms with Gasteiger partial charge in [-0.2, -0.15) is 0 Å². The maximum atomic E-state index is 4.06. The maximum absolute atomic E-state index is 4.06. The Kier molecular flexibility index (Phi) is 7.80. The molecule has 0 atom stereocenters. The topological polar surface area (TPSA) is 9.72 Å². The summed E-state index contributed by atoms with van der Waals surface area (Å²) in [6, 6.07) is 74.4. The highest BCUT2D eigenvalue weighted by Gasteiger charge is 2.50. The van der Waals surface area contributed by atoms with Gasteiger partial charge in [0.05, 0.1) is 0 Å². The van der Waals surface area contributed by atoms with Crippen molar-refractivity contribution in [1.29, 1.82) is 0 Å². The summed E-state index contributed by atoms with van der Waals surface area (Å²) in [4.78, 5) is 7.61. The second-order valence-electron chi connectivity index (χ2n) is 17.0. The summed E-state index contributed by atoms with van der Waals surface area (Å²) in [5.74, 6) is 0. The summed E-state index contributed by atoms with van der Waals surface area (Å²) < 4.78 is 0. The van der Waals surface area contributed by atoms with Gasteiger partial charge in [0, 0.05) is 51.2 Å². The summed E-state index contributed by atoms with van der Waals surface area (Å²) in [7, 11) is 0. The van der Waals surface area contributed by atoms with Crippen LogP contribution in [0.25, 0.3) is 34.4 Å². The molecule has 4 aliphatic rings. The van der Waals surface area contributed by atoms with E-state index < -0.39 is 0 Å². The lowest BCUT2D eigenvalue weighted by Crippen LogP contribution is -2.68. The molecular formula is C58H39B2N3. The van der Waals surface area contributed by atoms with Gasteiger partial charge < -0.3 is 14.7 Å². The fraction of sp³-hybridized carbons (Fsp3) is 0. The monoisotopic (exact) mass is 799 g/mol. The SMILES string of the molecule is C=Cc1ccc(-c2cc3c4c(c2)B2c5ccccc5N(c5ccccc5)c5cc(-c6ccc(C=C)cc6)cc(c52)N4c2cccc4c2B3c2ccccc2N4c2ccccc2)cc1. The molecule has 4 aliphatic heterocycles. The molecule has 4 heterocycles. The number of nitrogens with zero attached hydrogens (tertiary/aromatic N) is 3. The van der Waals surface area contributed by atoms with Crippen molar-refractivity contribution in [3.63, 3.8) is 0 Å². The van der Waals surface area contributed by atoms with Crippen LogP contribution in [0.15, 0.2) is 213 Å². The molecule has 0 radical (unpaired) electrons. The fourth-order valence-corrected chi connectivity index (χ4v) is 11.0. The van der Waals surface area contributed by atoms with Crippen LogP contribution in [0.1, 0.15) is 11.1 Å². The van der Waals surface area contributed by atoms with Gasteiger partial charge in [0.2, 0.25) is 0 Å². The first kappa shape index (κ1) is 35.7. The van der Waals surface area contributed by atoms with Crippen LogP contribution in [0.5, 0.6) is 0 Å². The van der Waals surface area contributed by atoms with E-state index in [9.17, 15) is 0 Å². The smallest absolute Gasteiger partial charge is 0.252 e. The standard InChI is InChI=1S/C58H39B2N3/c1-3-38-26-30-40(31-27-38)42-34-48-58-49(35-42)60-47-21-12-14-23-51(47)62(45-18-9-6-10-19-45)54-36-43(41-32-28-39(4-2)29-33-41)37-55(57(54)60)63(58)53-25-15-24-52-56(53)59(48)46-20-11-13-22-50(46)61(52)44-16-7-5-8-17-44/h3-37H,1-2H2. The number of rotatable bonds is 6. The lowest BCUT2D eigenvalue weighted by Gasteiger charge is -2.49. The van der Waals surface area contributed by atoms with Crippen molar-refractivity contribution in [2.24, 2.45) is 0 Å². The van der Waals surface area contributed by atoms with Gasteiger partial charge in [0.1, 0.15) is 0 Å². The Bertz CT molecular complexity index is 3330. The molecule has 0 unspecified atom stereocenters. The lowest BCUT2D eigenvalue weighted by molar-refractivity contribution is 1.24. The van der Waals surface area contributed by atoms with Gasteiger partial charge in [-0.15, -0.1) is 0 Å². The van der Waals surface area contributed by atoms with E-state index in [-0.39, 0.29) is 13.4 Å². The van der Waals surface area contributed by atoms with Gasteiger partial charge in [-0.3, -0.25) is 0 Å². The van der Waals surface area contributed by atoms with Crippen molar-refractivity contribution in [1.82, 2.24) is 0 Å². The van der Waals surface area contributed by atoms with E-state index in [0.29, 0.717) is 0 Å². The van der Waals surface area contributed by atoms with E-state index in [4.69, 9.17) is 0 Å². The Morgan fingerprint density at radius 1 is 0.317 bits per heavy atom. The lowest BCUT2D eigenvalue weighted by atomic mass is 9.29. The molecule has 0 fully saturated rings. The van der Waals surface area contributed by atoms with Crippen LogP contribution >= 0.6 is 0 Å². The molecular weight excluding hydrogens is 760 g/mol. The van der Waals surface area contributed by atoms with Crippen LogP contribution in [0.4, 0.5) is 51.2 Å². The van der Waals surface area contributed by atoms with Gasteiger partial charge in [-0.25, -0.2) is 0 Å². The maximum Gasteiger partial charge on any atom is 0.252 e. The normalized spacial score (nSPS) is 13.4. The highest BCUT2D eigenvalue weighted by Crippen LogP contribution is 2.49. The third-order valence-electron chi connectivity index (χ3n) is 13.7. The Morgan fingerprint density at radius 2 is 0.714 bits per heavy atom. The molecule has 292 valence electrons. The minimum absolute atomic E-state index is 0.0000582. The highest BCUT2D eigenvalue weighted by atomic mass is 15.2. The minimum atomic E-state index is -0.0230. The molecule has 3 nitrogen and oxygen atoms in total. The molecule has 5 heteroatoms. The molecule has 0 aromatic heterocycles. The van der Waals surface area contributed by atoms with Crippen molar-refractivity contribution < 1.29 is 0 Å². The molecule has 0 amide bonds. The number of anilines is 9. The fourth-order valence-electron chi connectivity index (χ4n) is 11.0. The van der Waals surface area contributed by atoms with E-state index in [1.807, 2.05) is 12.2 Å². The zero-order chi connectivity index (χ0) is 41.8. The predicted octanol–water partition coefficient (Wildman–Crippen LogP) is 11.0. The Hall–Kier alpha value is -8.01. The molecule has 0 bridgehead atoms. The molecule has 0 aliphatic carbocycles.